The third-order valence-corrected chi connectivity index (χ3v) is 10.3. The van der Waals surface area contributed by atoms with Crippen LogP contribution in [-0.2, 0) is 11.0 Å². The number of hydrogen-bond acceptors (Lipinski definition) is 2. The van der Waals surface area contributed by atoms with E-state index in [2.05, 4.69) is 82.6 Å². The molecule has 2 aromatic rings. The van der Waals surface area contributed by atoms with E-state index in [1.165, 1.54) is 16.0 Å². The first-order valence-corrected chi connectivity index (χ1v) is 11.8. The van der Waals surface area contributed by atoms with Gasteiger partial charge in [0.25, 0.3) is 0 Å². The van der Waals surface area contributed by atoms with E-state index in [4.69, 9.17) is 4.43 Å². The van der Waals surface area contributed by atoms with Crippen LogP contribution in [0.15, 0.2) is 41.8 Å². The zero-order valence-corrected chi connectivity index (χ0v) is 16.5. The van der Waals surface area contributed by atoms with Crippen molar-refractivity contribution in [2.45, 2.75) is 58.4 Å². The lowest BCUT2D eigenvalue weighted by molar-refractivity contribution is 0.279. The van der Waals surface area contributed by atoms with Crippen molar-refractivity contribution in [1.29, 1.82) is 0 Å². The van der Waals surface area contributed by atoms with E-state index in [1.807, 2.05) is 11.3 Å². The molecule has 0 N–H and O–H groups in total. The Hall–Kier alpha value is -0.903. The van der Waals surface area contributed by atoms with Crippen molar-refractivity contribution in [2.24, 2.45) is 0 Å². The van der Waals surface area contributed by atoms with Crippen LogP contribution in [-0.4, -0.2) is 8.32 Å². The summed E-state index contributed by atoms with van der Waals surface area (Å²) in [5.41, 5.74) is 2.77. The van der Waals surface area contributed by atoms with Crippen molar-refractivity contribution < 1.29 is 4.43 Å². The van der Waals surface area contributed by atoms with Gasteiger partial charge in [0.1, 0.15) is 0 Å². The van der Waals surface area contributed by atoms with Crippen LogP contribution in [0.2, 0.25) is 18.1 Å². The van der Waals surface area contributed by atoms with Crippen LogP contribution in [0.1, 0.15) is 49.6 Å². The zero-order chi connectivity index (χ0) is 16.4. The van der Waals surface area contributed by atoms with Crippen LogP contribution in [0.25, 0.3) is 0 Å². The summed E-state index contributed by atoms with van der Waals surface area (Å²) in [6, 6.07) is 13.0. The van der Waals surface area contributed by atoms with Gasteiger partial charge in [-0.05, 0) is 40.7 Å². The molecule has 1 aromatic carbocycles. The molecule has 0 bridgehead atoms. The van der Waals surface area contributed by atoms with Crippen molar-refractivity contribution in [3.8, 4) is 0 Å². The fourth-order valence-electron chi connectivity index (χ4n) is 2.10. The van der Waals surface area contributed by atoms with E-state index in [-0.39, 0.29) is 5.04 Å². The van der Waals surface area contributed by atoms with Gasteiger partial charge in [-0.25, -0.2) is 0 Å². The summed E-state index contributed by atoms with van der Waals surface area (Å²) in [7, 11) is -1.66. The molecule has 0 spiro atoms. The summed E-state index contributed by atoms with van der Waals surface area (Å²) in [5, 5.41) is 2.55. The molecule has 0 saturated heterocycles. The molecule has 120 valence electrons. The lowest BCUT2D eigenvalue weighted by Crippen LogP contribution is -2.40. The molecular weight excluding hydrogens is 304 g/mol. The highest BCUT2D eigenvalue weighted by Crippen LogP contribution is 2.37. The SMILES string of the molecule is CC(c1ccccc1)c1csc(CO[Si](C)(C)C(C)(C)C)c1. The minimum absolute atomic E-state index is 0.268. The Kier molecular flexibility index (Phi) is 5.31. The zero-order valence-electron chi connectivity index (χ0n) is 14.6. The van der Waals surface area contributed by atoms with Gasteiger partial charge in [0.2, 0.25) is 0 Å². The van der Waals surface area contributed by atoms with Crippen LogP contribution in [0, 0.1) is 0 Å². The summed E-state index contributed by atoms with van der Waals surface area (Å²) in [5.74, 6) is 0.444. The third kappa shape index (κ3) is 4.09. The maximum Gasteiger partial charge on any atom is 0.192 e. The summed E-state index contributed by atoms with van der Waals surface area (Å²) < 4.78 is 6.33. The van der Waals surface area contributed by atoms with Gasteiger partial charge in [0.05, 0.1) is 6.61 Å². The van der Waals surface area contributed by atoms with Crippen LogP contribution in [0.5, 0.6) is 0 Å². The predicted octanol–water partition coefficient (Wildman–Crippen LogP) is 6.42. The Morgan fingerprint density at radius 1 is 1.09 bits per heavy atom. The van der Waals surface area contributed by atoms with Gasteiger partial charge < -0.3 is 4.43 Å². The van der Waals surface area contributed by atoms with Crippen molar-refractivity contribution in [3.63, 3.8) is 0 Å². The molecule has 1 aromatic heterocycles. The second-order valence-corrected chi connectivity index (χ2v) is 13.3. The quantitative estimate of drug-likeness (QED) is 0.574. The molecule has 1 atom stereocenters. The van der Waals surface area contributed by atoms with E-state index < -0.39 is 8.32 Å². The molecule has 0 aliphatic heterocycles. The van der Waals surface area contributed by atoms with Gasteiger partial charge in [0, 0.05) is 10.8 Å². The van der Waals surface area contributed by atoms with Gasteiger partial charge in [-0.2, -0.15) is 0 Å². The Labute approximate surface area is 140 Å². The molecule has 0 aliphatic carbocycles. The van der Waals surface area contributed by atoms with Gasteiger partial charge in [-0.15, -0.1) is 11.3 Å². The Balaban J connectivity index is 2.03. The van der Waals surface area contributed by atoms with Crippen molar-refractivity contribution in [1.82, 2.24) is 0 Å². The average Bonchev–Trinajstić information content (AvgIpc) is 2.93. The molecular formula is C19H28OSSi. The fourth-order valence-corrected chi connectivity index (χ4v) is 4.05. The third-order valence-electron chi connectivity index (χ3n) is 4.86. The highest BCUT2D eigenvalue weighted by molar-refractivity contribution is 7.10. The summed E-state index contributed by atoms with van der Waals surface area (Å²) in [6.07, 6.45) is 0. The highest BCUT2D eigenvalue weighted by atomic mass is 32.1. The second kappa shape index (κ2) is 6.69. The number of thiophene rings is 1. The first-order chi connectivity index (χ1) is 10.2. The number of rotatable bonds is 5. The molecule has 1 nitrogen and oxygen atoms in total. The molecule has 0 fully saturated rings. The Morgan fingerprint density at radius 2 is 1.73 bits per heavy atom. The van der Waals surface area contributed by atoms with Gasteiger partial charge in [-0.1, -0.05) is 58.0 Å². The van der Waals surface area contributed by atoms with Gasteiger partial charge >= 0.3 is 0 Å². The van der Waals surface area contributed by atoms with Crippen LogP contribution in [0.4, 0.5) is 0 Å². The van der Waals surface area contributed by atoms with E-state index in [0.29, 0.717) is 5.92 Å². The molecule has 1 unspecified atom stereocenters. The van der Waals surface area contributed by atoms with Gasteiger partial charge in [-0.3, -0.25) is 0 Å². The topological polar surface area (TPSA) is 9.23 Å². The molecule has 0 aliphatic rings. The molecule has 1 heterocycles. The van der Waals surface area contributed by atoms with E-state index >= 15 is 0 Å². The van der Waals surface area contributed by atoms with Crippen molar-refractivity contribution in [2.75, 3.05) is 0 Å². The molecule has 22 heavy (non-hydrogen) atoms. The number of benzene rings is 1. The Morgan fingerprint density at radius 3 is 2.32 bits per heavy atom. The first kappa shape index (κ1) is 17.5. The number of hydrogen-bond donors (Lipinski definition) is 0. The molecule has 0 amide bonds. The minimum atomic E-state index is -1.66. The maximum atomic E-state index is 6.33. The lowest BCUT2D eigenvalue weighted by Gasteiger charge is -2.36. The largest absolute Gasteiger partial charge is 0.412 e. The lowest BCUT2D eigenvalue weighted by atomic mass is 9.95. The molecule has 0 saturated carbocycles. The predicted molar refractivity (Wildman–Crippen MR) is 100 cm³/mol. The second-order valence-electron chi connectivity index (χ2n) is 7.53. The molecule has 2 rings (SSSR count). The fraction of sp³-hybridized carbons (Fsp3) is 0.474. The summed E-state index contributed by atoms with van der Waals surface area (Å²) in [6.45, 7) is 14.5. The van der Waals surface area contributed by atoms with E-state index in [1.54, 1.807) is 0 Å². The summed E-state index contributed by atoms with van der Waals surface area (Å²) >= 11 is 1.82. The van der Waals surface area contributed by atoms with Crippen LogP contribution >= 0.6 is 11.3 Å². The standard InChI is InChI=1S/C19H28OSSi/c1-15(16-10-8-7-9-11-16)17-12-18(21-14-17)13-20-22(5,6)19(2,3)4/h7-12,14-15H,13H2,1-6H3. The van der Waals surface area contributed by atoms with E-state index in [0.717, 1.165) is 6.61 Å². The monoisotopic (exact) mass is 332 g/mol. The molecule has 3 heteroatoms. The van der Waals surface area contributed by atoms with E-state index in [9.17, 15) is 0 Å². The normalized spacial score (nSPS) is 14.1. The van der Waals surface area contributed by atoms with Crippen molar-refractivity contribution >= 4 is 19.7 Å². The molecule has 0 radical (unpaired) electrons. The summed E-state index contributed by atoms with van der Waals surface area (Å²) in [4.78, 5) is 1.34. The van der Waals surface area contributed by atoms with Crippen LogP contribution < -0.4 is 0 Å². The highest BCUT2D eigenvalue weighted by Gasteiger charge is 2.37. The Bertz CT molecular complexity index is 595. The van der Waals surface area contributed by atoms with Gasteiger partial charge in [0.15, 0.2) is 8.32 Å². The minimum Gasteiger partial charge on any atom is -0.412 e. The smallest absolute Gasteiger partial charge is 0.192 e. The average molecular weight is 333 g/mol. The van der Waals surface area contributed by atoms with Crippen LogP contribution in [0.3, 0.4) is 0 Å². The van der Waals surface area contributed by atoms with Crippen molar-refractivity contribution in [3.05, 3.63) is 57.8 Å². The maximum absolute atomic E-state index is 6.33. The first-order valence-electron chi connectivity index (χ1n) is 7.97.